The van der Waals surface area contributed by atoms with Gasteiger partial charge in [0.05, 0.1) is 11.4 Å². The highest BCUT2D eigenvalue weighted by Crippen LogP contribution is 2.31. The zero-order valence-electron chi connectivity index (χ0n) is 9.70. The lowest BCUT2D eigenvalue weighted by molar-refractivity contribution is -0.133. The van der Waals surface area contributed by atoms with E-state index < -0.39 is 5.97 Å². The van der Waals surface area contributed by atoms with E-state index in [0.717, 1.165) is 5.56 Å². The molecule has 2 rings (SSSR count). The predicted molar refractivity (Wildman–Crippen MR) is 77.3 cm³/mol. The fourth-order valence-electron chi connectivity index (χ4n) is 1.49. The number of ether oxygens (including phenoxy) is 1. The Balaban J connectivity index is 2.05. The van der Waals surface area contributed by atoms with Crippen LogP contribution in [0.5, 0.6) is 5.75 Å². The van der Waals surface area contributed by atoms with Crippen molar-refractivity contribution in [1.29, 1.82) is 0 Å². The summed E-state index contributed by atoms with van der Waals surface area (Å²) in [4.78, 5) is 11.8. The first-order valence-corrected chi connectivity index (χ1v) is 6.59. The van der Waals surface area contributed by atoms with Gasteiger partial charge >= 0.3 is 5.97 Å². The minimum atomic E-state index is -0.411. The molecule has 0 aliphatic rings. The smallest absolute Gasteiger partial charge is 0.315 e. The molecule has 0 saturated carbocycles. The first-order chi connectivity index (χ1) is 9.06. The minimum absolute atomic E-state index is 0.139. The molecule has 0 N–H and O–H groups in total. The highest BCUT2D eigenvalue weighted by Gasteiger charge is 2.11. The van der Waals surface area contributed by atoms with Crippen LogP contribution < -0.4 is 4.74 Å². The zero-order valence-corrected chi connectivity index (χ0v) is 12.0. The minimum Gasteiger partial charge on any atom is -0.425 e. The topological polar surface area (TPSA) is 26.3 Å². The molecule has 0 aliphatic heterocycles. The number of halogens is 3. The van der Waals surface area contributed by atoms with Crippen LogP contribution >= 0.6 is 34.8 Å². The Morgan fingerprint density at radius 2 is 1.68 bits per heavy atom. The lowest BCUT2D eigenvalue weighted by atomic mass is 10.1. The molecule has 2 aromatic rings. The van der Waals surface area contributed by atoms with Gasteiger partial charge < -0.3 is 4.74 Å². The summed E-state index contributed by atoms with van der Waals surface area (Å²) in [5.41, 5.74) is 0.813. The summed E-state index contributed by atoms with van der Waals surface area (Å²) in [6, 6.07) is 11.9. The van der Waals surface area contributed by atoms with Crippen LogP contribution in [0.1, 0.15) is 5.56 Å². The normalized spacial score (nSPS) is 10.3. The van der Waals surface area contributed by atoms with Crippen molar-refractivity contribution in [2.45, 2.75) is 6.42 Å². The molecule has 0 aliphatic carbocycles. The second-order valence-electron chi connectivity index (χ2n) is 3.83. The lowest BCUT2D eigenvalue weighted by Gasteiger charge is -2.07. The fourth-order valence-corrected chi connectivity index (χ4v) is 1.95. The highest BCUT2D eigenvalue weighted by atomic mass is 35.5. The van der Waals surface area contributed by atoms with E-state index in [1.165, 1.54) is 0 Å². The van der Waals surface area contributed by atoms with E-state index in [-0.39, 0.29) is 17.2 Å². The summed E-state index contributed by atoms with van der Waals surface area (Å²) in [6.45, 7) is 0. The molecule has 0 spiro atoms. The van der Waals surface area contributed by atoms with Gasteiger partial charge in [-0.05, 0) is 29.8 Å². The molecule has 0 atom stereocenters. The maximum absolute atomic E-state index is 11.8. The maximum atomic E-state index is 11.8. The van der Waals surface area contributed by atoms with Crippen LogP contribution in [-0.2, 0) is 11.2 Å². The van der Waals surface area contributed by atoms with E-state index in [1.54, 1.807) is 42.5 Å². The molecule has 0 unspecified atom stereocenters. The molecule has 0 amide bonds. The molecule has 98 valence electrons. The van der Waals surface area contributed by atoms with Crippen molar-refractivity contribution >= 4 is 40.8 Å². The second kappa shape index (κ2) is 6.29. The standard InChI is InChI=1S/C14H9Cl3O2/c15-10-6-4-9(5-7-10)8-13(18)19-12-3-1-2-11(16)14(12)17/h1-7H,8H2. The molecule has 19 heavy (non-hydrogen) atoms. The lowest BCUT2D eigenvalue weighted by Crippen LogP contribution is -2.11. The summed E-state index contributed by atoms with van der Waals surface area (Å²) in [6.07, 6.45) is 0.139. The Kier molecular flexibility index (Phi) is 4.70. The van der Waals surface area contributed by atoms with Crippen molar-refractivity contribution in [3.05, 3.63) is 63.1 Å². The van der Waals surface area contributed by atoms with E-state index in [0.29, 0.717) is 10.0 Å². The van der Waals surface area contributed by atoms with Crippen LogP contribution in [0.15, 0.2) is 42.5 Å². The monoisotopic (exact) mass is 314 g/mol. The second-order valence-corrected chi connectivity index (χ2v) is 5.05. The van der Waals surface area contributed by atoms with Gasteiger partial charge in [0.15, 0.2) is 5.75 Å². The fraction of sp³-hybridized carbons (Fsp3) is 0.0714. The van der Waals surface area contributed by atoms with Gasteiger partial charge in [-0.25, -0.2) is 0 Å². The SMILES string of the molecule is O=C(Cc1ccc(Cl)cc1)Oc1cccc(Cl)c1Cl. The van der Waals surface area contributed by atoms with Crippen molar-refractivity contribution in [2.24, 2.45) is 0 Å². The van der Waals surface area contributed by atoms with Crippen LogP contribution in [0.4, 0.5) is 0 Å². The number of carbonyl (C=O) groups excluding carboxylic acids is 1. The summed E-state index contributed by atoms with van der Waals surface area (Å²) < 4.78 is 5.17. The third-order valence-electron chi connectivity index (χ3n) is 2.40. The van der Waals surface area contributed by atoms with Crippen molar-refractivity contribution in [2.75, 3.05) is 0 Å². The Morgan fingerprint density at radius 1 is 1.00 bits per heavy atom. The number of esters is 1. The zero-order chi connectivity index (χ0) is 13.8. The number of rotatable bonds is 3. The van der Waals surface area contributed by atoms with Crippen molar-refractivity contribution in [3.63, 3.8) is 0 Å². The van der Waals surface area contributed by atoms with Crippen LogP contribution in [0, 0.1) is 0 Å². The number of hydrogen-bond donors (Lipinski definition) is 0. The Hall–Kier alpha value is -1.22. The van der Waals surface area contributed by atoms with Gasteiger partial charge in [0, 0.05) is 5.02 Å². The highest BCUT2D eigenvalue weighted by molar-refractivity contribution is 6.43. The van der Waals surface area contributed by atoms with E-state index in [9.17, 15) is 4.79 Å². The molecule has 0 radical (unpaired) electrons. The van der Waals surface area contributed by atoms with E-state index >= 15 is 0 Å². The van der Waals surface area contributed by atoms with E-state index in [1.807, 2.05) is 0 Å². The molecule has 2 aromatic carbocycles. The summed E-state index contributed by atoms with van der Waals surface area (Å²) >= 11 is 17.5. The first kappa shape index (κ1) is 14.2. The van der Waals surface area contributed by atoms with Crippen LogP contribution in [-0.4, -0.2) is 5.97 Å². The molecule has 0 heterocycles. The van der Waals surface area contributed by atoms with E-state index in [4.69, 9.17) is 39.5 Å². The average Bonchev–Trinajstić information content (AvgIpc) is 2.38. The first-order valence-electron chi connectivity index (χ1n) is 5.45. The molecular formula is C14H9Cl3O2. The Labute approximate surface area is 125 Å². The van der Waals surface area contributed by atoms with Crippen LogP contribution in [0.3, 0.4) is 0 Å². The molecular weight excluding hydrogens is 307 g/mol. The largest absolute Gasteiger partial charge is 0.425 e. The molecule has 0 saturated heterocycles. The Bertz CT molecular complexity index is 594. The van der Waals surface area contributed by atoms with Gasteiger partial charge in [-0.3, -0.25) is 4.79 Å². The van der Waals surface area contributed by atoms with Gasteiger partial charge in [0.1, 0.15) is 5.02 Å². The van der Waals surface area contributed by atoms with E-state index in [2.05, 4.69) is 0 Å². The van der Waals surface area contributed by atoms with Crippen molar-refractivity contribution in [1.82, 2.24) is 0 Å². The molecule has 5 heteroatoms. The van der Waals surface area contributed by atoms with Gasteiger partial charge in [-0.1, -0.05) is 53.0 Å². The van der Waals surface area contributed by atoms with Crippen molar-refractivity contribution < 1.29 is 9.53 Å². The number of hydrogen-bond acceptors (Lipinski definition) is 2. The average molecular weight is 316 g/mol. The molecule has 2 nitrogen and oxygen atoms in total. The van der Waals surface area contributed by atoms with Gasteiger partial charge in [0.2, 0.25) is 0 Å². The third-order valence-corrected chi connectivity index (χ3v) is 3.46. The maximum Gasteiger partial charge on any atom is 0.315 e. The summed E-state index contributed by atoms with van der Waals surface area (Å²) in [5, 5.41) is 1.20. The van der Waals surface area contributed by atoms with Crippen LogP contribution in [0.25, 0.3) is 0 Å². The van der Waals surface area contributed by atoms with Gasteiger partial charge in [0.25, 0.3) is 0 Å². The predicted octanol–water partition coefficient (Wildman–Crippen LogP) is 4.79. The Morgan fingerprint density at radius 3 is 2.37 bits per heavy atom. The summed E-state index contributed by atoms with van der Waals surface area (Å²) in [7, 11) is 0. The quantitative estimate of drug-likeness (QED) is 0.601. The molecule has 0 fully saturated rings. The molecule has 0 bridgehead atoms. The van der Waals surface area contributed by atoms with Crippen LogP contribution in [0.2, 0.25) is 15.1 Å². The number of benzene rings is 2. The molecule has 0 aromatic heterocycles. The van der Waals surface area contributed by atoms with Gasteiger partial charge in [-0.2, -0.15) is 0 Å². The number of carbonyl (C=O) groups is 1. The van der Waals surface area contributed by atoms with Crippen molar-refractivity contribution in [3.8, 4) is 5.75 Å². The van der Waals surface area contributed by atoms with Gasteiger partial charge in [-0.15, -0.1) is 0 Å². The summed E-state index contributed by atoms with van der Waals surface area (Å²) in [5.74, 6) is -0.153. The third kappa shape index (κ3) is 3.87.